The fourth-order valence-corrected chi connectivity index (χ4v) is 0.929. The Kier molecular flexibility index (Phi) is 5.86. The Balaban J connectivity index is 2.14. The Morgan fingerprint density at radius 3 is 2.93 bits per heavy atom. The van der Waals surface area contributed by atoms with Gasteiger partial charge in [-0.1, -0.05) is 5.16 Å². The summed E-state index contributed by atoms with van der Waals surface area (Å²) in [6.45, 7) is 1.80. The van der Waals surface area contributed by atoms with E-state index in [4.69, 9.17) is 19.9 Å². The van der Waals surface area contributed by atoms with Crippen molar-refractivity contribution in [3.63, 3.8) is 0 Å². The molecule has 0 saturated heterocycles. The third-order valence-electron chi connectivity index (χ3n) is 1.62. The Bertz CT molecular complexity index is 266. The molecule has 0 bridgehead atoms. The van der Waals surface area contributed by atoms with Crippen molar-refractivity contribution in [2.75, 3.05) is 26.9 Å². The topological polar surface area (TPSA) is 92.6 Å². The summed E-state index contributed by atoms with van der Waals surface area (Å²) in [5.74, 6) is 5.81. The maximum Gasteiger partial charge on any atom is 0.254 e. The molecule has 0 fully saturated rings. The van der Waals surface area contributed by atoms with E-state index in [0.717, 1.165) is 0 Å². The van der Waals surface area contributed by atoms with Crippen LogP contribution in [0.4, 0.5) is 0 Å². The molecule has 1 heterocycles. The first-order chi connectivity index (χ1) is 7.36. The van der Waals surface area contributed by atoms with Gasteiger partial charge in [0.2, 0.25) is 0 Å². The first-order valence-electron chi connectivity index (χ1n) is 4.56. The second-order valence-electron chi connectivity index (χ2n) is 2.77. The number of hydrogen-bond donors (Lipinski definition) is 1. The number of rotatable bonds is 8. The van der Waals surface area contributed by atoms with Crippen molar-refractivity contribution in [2.45, 2.75) is 13.0 Å². The fraction of sp³-hybridized carbons (Fsp3) is 0.750. The van der Waals surface area contributed by atoms with Gasteiger partial charge in [-0.15, -0.1) is 0 Å². The summed E-state index contributed by atoms with van der Waals surface area (Å²) in [4.78, 5) is 8.38. The lowest BCUT2D eigenvalue weighted by Gasteiger charge is -1.99. The van der Waals surface area contributed by atoms with Gasteiger partial charge in [0.25, 0.3) is 5.89 Å². The van der Waals surface area contributed by atoms with Crippen LogP contribution in [0.3, 0.4) is 0 Å². The van der Waals surface area contributed by atoms with Crippen molar-refractivity contribution in [1.82, 2.24) is 10.1 Å². The van der Waals surface area contributed by atoms with Crippen LogP contribution in [0.1, 0.15) is 11.7 Å². The van der Waals surface area contributed by atoms with Crippen LogP contribution in [0.5, 0.6) is 0 Å². The molecule has 7 heteroatoms. The molecule has 0 aliphatic carbocycles. The predicted molar refractivity (Wildman–Crippen MR) is 49.7 cm³/mol. The standard InChI is InChI=1S/C8H15N3O4/c1-12-4-5-13-3-2-7-10-8(6-14-9)15-11-7/h2-6,9H2,1H3. The molecule has 1 aromatic heterocycles. The molecule has 0 aliphatic heterocycles. The van der Waals surface area contributed by atoms with Crippen LogP contribution in [0.2, 0.25) is 0 Å². The second kappa shape index (κ2) is 7.30. The van der Waals surface area contributed by atoms with E-state index in [2.05, 4.69) is 15.0 Å². The zero-order valence-electron chi connectivity index (χ0n) is 8.64. The highest BCUT2D eigenvalue weighted by Crippen LogP contribution is 1.99. The molecule has 0 atom stereocenters. The van der Waals surface area contributed by atoms with Crippen LogP contribution < -0.4 is 5.90 Å². The van der Waals surface area contributed by atoms with E-state index in [1.54, 1.807) is 7.11 Å². The van der Waals surface area contributed by atoms with Crippen molar-refractivity contribution < 1.29 is 18.8 Å². The quantitative estimate of drug-likeness (QED) is 0.470. The zero-order chi connectivity index (χ0) is 10.9. The van der Waals surface area contributed by atoms with Crippen molar-refractivity contribution in [3.05, 3.63) is 11.7 Å². The molecule has 86 valence electrons. The number of nitrogens with zero attached hydrogens (tertiary/aromatic N) is 2. The smallest absolute Gasteiger partial charge is 0.254 e. The molecule has 0 aliphatic rings. The Labute approximate surface area is 87.4 Å². The minimum Gasteiger partial charge on any atom is -0.382 e. The molecule has 1 rings (SSSR count). The normalized spacial score (nSPS) is 10.8. The summed E-state index contributed by atoms with van der Waals surface area (Å²) in [5.41, 5.74) is 0. The monoisotopic (exact) mass is 217 g/mol. The molecule has 7 nitrogen and oxygen atoms in total. The number of nitrogens with two attached hydrogens (primary N) is 1. The van der Waals surface area contributed by atoms with Crippen LogP contribution in [0.15, 0.2) is 4.52 Å². The van der Waals surface area contributed by atoms with E-state index < -0.39 is 0 Å². The highest BCUT2D eigenvalue weighted by Gasteiger charge is 2.05. The van der Waals surface area contributed by atoms with Gasteiger partial charge in [-0.3, -0.25) is 4.84 Å². The van der Waals surface area contributed by atoms with Crippen molar-refractivity contribution in [1.29, 1.82) is 0 Å². The van der Waals surface area contributed by atoms with E-state index >= 15 is 0 Å². The van der Waals surface area contributed by atoms with Gasteiger partial charge >= 0.3 is 0 Å². The lowest BCUT2D eigenvalue weighted by atomic mass is 10.4. The van der Waals surface area contributed by atoms with Gasteiger partial charge in [-0.2, -0.15) is 4.98 Å². The molecule has 0 radical (unpaired) electrons. The summed E-state index contributed by atoms with van der Waals surface area (Å²) in [6.07, 6.45) is 0.595. The maximum atomic E-state index is 5.24. The van der Waals surface area contributed by atoms with E-state index in [9.17, 15) is 0 Å². The number of ether oxygens (including phenoxy) is 2. The average molecular weight is 217 g/mol. The summed E-state index contributed by atoms with van der Waals surface area (Å²) >= 11 is 0. The minimum absolute atomic E-state index is 0.123. The van der Waals surface area contributed by atoms with Gasteiger partial charge in [0, 0.05) is 13.5 Å². The predicted octanol–water partition coefficient (Wildman–Crippen LogP) is -0.335. The summed E-state index contributed by atoms with van der Waals surface area (Å²) in [6, 6.07) is 0. The van der Waals surface area contributed by atoms with E-state index in [0.29, 0.717) is 38.0 Å². The summed E-state index contributed by atoms with van der Waals surface area (Å²) < 4.78 is 14.9. The SMILES string of the molecule is COCCOCCc1noc(CON)n1. The maximum absolute atomic E-state index is 5.24. The lowest BCUT2D eigenvalue weighted by molar-refractivity contribution is 0.0714. The van der Waals surface area contributed by atoms with E-state index in [1.807, 2.05) is 0 Å². The molecular formula is C8H15N3O4. The first-order valence-corrected chi connectivity index (χ1v) is 4.56. The van der Waals surface area contributed by atoms with Crippen LogP contribution in [0, 0.1) is 0 Å². The highest BCUT2D eigenvalue weighted by molar-refractivity contribution is 4.84. The van der Waals surface area contributed by atoms with Gasteiger partial charge in [0.05, 0.1) is 19.8 Å². The number of aromatic nitrogens is 2. The number of methoxy groups -OCH3 is 1. The fourth-order valence-electron chi connectivity index (χ4n) is 0.929. The van der Waals surface area contributed by atoms with Crippen LogP contribution in [-0.2, 0) is 27.3 Å². The molecule has 15 heavy (non-hydrogen) atoms. The van der Waals surface area contributed by atoms with Crippen molar-refractivity contribution in [3.8, 4) is 0 Å². The lowest BCUT2D eigenvalue weighted by Crippen LogP contribution is -2.06. The molecule has 0 spiro atoms. The number of hydrogen-bond acceptors (Lipinski definition) is 7. The van der Waals surface area contributed by atoms with Crippen molar-refractivity contribution in [2.24, 2.45) is 5.90 Å². The van der Waals surface area contributed by atoms with Crippen molar-refractivity contribution >= 4 is 0 Å². The zero-order valence-corrected chi connectivity index (χ0v) is 8.64. The molecule has 0 saturated carbocycles. The highest BCUT2D eigenvalue weighted by atomic mass is 16.6. The van der Waals surface area contributed by atoms with Crippen LogP contribution >= 0.6 is 0 Å². The molecule has 0 aromatic carbocycles. The summed E-state index contributed by atoms with van der Waals surface area (Å²) in [7, 11) is 1.63. The minimum atomic E-state index is 0.123. The van der Waals surface area contributed by atoms with Gasteiger partial charge in [-0.25, -0.2) is 5.90 Å². The third-order valence-corrected chi connectivity index (χ3v) is 1.62. The molecule has 0 amide bonds. The van der Waals surface area contributed by atoms with Gasteiger partial charge in [0.1, 0.15) is 6.61 Å². The average Bonchev–Trinajstić information content (AvgIpc) is 2.66. The van der Waals surface area contributed by atoms with Gasteiger partial charge in [0.15, 0.2) is 5.82 Å². The van der Waals surface area contributed by atoms with Gasteiger partial charge in [-0.05, 0) is 0 Å². The van der Waals surface area contributed by atoms with Crippen LogP contribution in [0.25, 0.3) is 0 Å². The third kappa shape index (κ3) is 4.84. The van der Waals surface area contributed by atoms with Gasteiger partial charge < -0.3 is 14.0 Å². The largest absolute Gasteiger partial charge is 0.382 e. The second-order valence-corrected chi connectivity index (χ2v) is 2.77. The first kappa shape index (κ1) is 12.1. The molecular weight excluding hydrogens is 202 g/mol. The molecule has 2 N–H and O–H groups in total. The van der Waals surface area contributed by atoms with Crippen LogP contribution in [-0.4, -0.2) is 37.1 Å². The van der Waals surface area contributed by atoms with E-state index in [-0.39, 0.29) is 6.61 Å². The Morgan fingerprint density at radius 2 is 2.20 bits per heavy atom. The Morgan fingerprint density at radius 1 is 1.33 bits per heavy atom. The van der Waals surface area contributed by atoms with E-state index in [1.165, 1.54) is 0 Å². The summed E-state index contributed by atoms with van der Waals surface area (Å²) in [5, 5.41) is 3.72. The molecule has 0 unspecified atom stereocenters. The molecule has 1 aromatic rings. The Hall–Kier alpha value is -1.02.